The Labute approximate surface area is 127 Å². The first-order valence-electron chi connectivity index (χ1n) is 7.40. The highest BCUT2D eigenvalue weighted by Crippen LogP contribution is 2.24. The third kappa shape index (κ3) is 5.21. The maximum Gasteiger partial charge on any atom is 0.240 e. The first kappa shape index (κ1) is 17.8. The van der Waals surface area contributed by atoms with Crippen molar-refractivity contribution in [2.45, 2.75) is 56.9 Å². The van der Waals surface area contributed by atoms with Gasteiger partial charge in [0.1, 0.15) is 5.75 Å². The molecule has 0 saturated heterocycles. The normalized spacial score (nSPS) is 13.1. The maximum atomic E-state index is 12.4. The molecule has 21 heavy (non-hydrogen) atoms. The number of rotatable bonds is 9. The van der Waals surface area contributed by atoms with Gasteiger partial charge in [-0.2, -0.15) is 0 Å². The van der Waals surface area contributed by atoms with E-state index in [1.807, 2.05) is 0 Å². The maximum absolute atomic E-state index is 12.4. The molecule has 0 amide bonds. The van der Waals surface area contributed by atoms with Crippen LogP contribution in [0, 0.1) is 0 Å². The van der Waals surface area contributed by atoms with Crippen molar-refractivity contribution in [3.63, 3.8) is 0 Å². The molecule has 5 nitrogen and oxygen atoms in total. The number of nitrogens with two attached hydrogens (primary N) is 1. The van der Waals surface area contributed by atoms with Crippen molar-refractivity contribution in [1.29, 1.82) is 0 Å². The fourth-order valence-corrected chi connectivity index (χ4v) is 3.57. The summed E-state index contributed by atoms with van der Waals surface area (Å²) in [6.45, 7) is 4.15. The van der Waals surface area contributed by atoms with E-state index in [1.54, 1.807) is 6.07 Å². The van der Waals surface area contributed by atoms with Gasteiger partial charge >= 0.3 is 0 Å². The van der Waals surface area contributed by atoms with Crippen molar-refractivity contribution in [3.05, 3.63) is 18.2 Å². The SMILES string of the molecule is CCCCC(CCC)NS(=O)(=O)c1ccc(OC)c(N)c1. The topological polar surface area (TPSA) is 81.4 Å². The smallest absolute Gasteiger partial charge is 0.240 e. The van der Waals surface area contributed by atoms with Gasteiger partial charge in [-0.3, -0.25) is 0 Å². The second-order valence-corrected chi connectivity index (χ2v) is 6.87. The zero-order valence-corrected chi connectivity index (χ0v) is 13.9. The van der Waals surface area contributed by atoms with Gasteiger partial charge in [-0.25, -0.2) is 13.1 Å². The van der Waals surface area contributed by atoms with Crippen LogP contribution in [0.1, 0.15) is 46.0 Å². The summed E-state index contributed by atoms with van der Waals surface area (Å²) < 4.78 is 32.7. The van der Waals surface area contributed by atoms with Gasteiger partial charge < -0.3 is 10.5 Å². The molecule has 120 valence electrons. The van der Waals surface area contributed by atoms with Crippen LogP contribution in [0.2, 0.25) is 0 Å². The fraction of sp³-hybridized carbons (Fsp3) is 0.600. The fourth-order valence-electron chi connectivity index (χ4n) is 2.23. The molecule has 1 aromatic rings. The number of hydrogen-bond acceptors (Lipinski definition) is 4. The summed E-state index contributed by atoms with van der Waals surface area (Å²) in [5, 5.41) is 0. The first-order chi connectivity index (χ1) is 9.94. The Hall–Kier alpha value is -1.27. The van der Waals surface area contributed by atoms with Crippen LogP contribution >= 0.6 is 0 Å². The number of ether oxygens (including phenoxy) is 1. The summed E-state index contributed by atoms with van der Waals surface area (Å²) >= 11 is 0. The molecule has 1 aromatic carbocycles. The number of nitrogens with one attached hydrogen (secondary N) is 1. The van der Waals surface area contributed by atoms with Crippen LogP contribution in [-0.4, -0.2) is 21.6 Å². The molecule has 0 heterocycles. The molecular weight excluding hydrogens is 288 g/mol. The number of nitrogen functional groups attached to an aromatic ring is 1. The highest BCUT2D eigenvalue weighted by Gasteiger charge is 2.20. The number of hydrogen-bond donors (Lipinski definition) is 2. The number of unbranched alkanes of at least 4 members (excludes halogenated alkanes) is 1. The average molecular weight is 314 g/mol. The van der Waals surface area contributed by atoms with E-state index in [2.05, 4.69) is 18.6 Å². The van der Waals surface area contributed by atoms with E-state index in [0.29, 0.717) is 11.4 Å². The highest BCUT2D eigenvalue weighted by atomic mass is 32.2. The first-order valence-corrected chi connectivity index (χ1v) is 8.88. The van der Waals surface area contributed by atoms with Gasteiger partial charge in [0.05, 0.1) is 17.7 Å². The Bertz CT molecular complexity index is 544. The van der Waals surface area contributed by atoms with E-state index in [-0.39, 0.29) is 10.9 Å². The van der Waals surface area contributed by atoms with Crippen molar-refractivity contribution in [2.24, 2.45) is 0 Å². The van der Waals surface area contributed by atoms with Crippen molar-refractivity contribution in [2.75, 3.05) is 12.8 Å². The summed E-state index contributed by atoms with van der Waals surface area (Å²) in [4.78, 5) is 0.179. The number of anilines is 1. The quantitative estimate of drug-likeness (QED) is 0.687. The standard InChI is InChI=1S/C15H26N2O3S/c1-4-6-8-12(7-5-2)17-21(18,19)13-9-10-15(20-3)14(16)11-13/h9-12,17H,4-8,16H2,1-3H3. The zero-order valence-electron chi connectivity index (χ0n) is 13.1. The van der Waals surface area contributed by atoms with Crippen LogP contribution in [0.3, 0.4) is 0 Å². The second kappa shape index (κ2) is 8.24. The Balaban J connectivity index is 2.90. The van der Waals surface area contributed by atoms with Crippen LogP contribution in [0.4, 0.5) is 5.69 Å². The highest BCUT2D eigenvalue weighted by molar-refractivity contribution is 7.89. The van der Waals surface area contributed by atoms with Gasteiger partial charge in [0.2, 0.25) is 10.0 Å². The van der Waals surface area contributed by atoms with Gasteiger partial charge in [0.25, 0.3) is 0 Å². The van der Waals surface area contributed by atoms with E-state index in [9.17, 15) is 8.42 Å². The summed E-state index contributed by atoms with van der Waals surface area (Å²) in [7, 11) is -2.05. The lowest BCUT2D eigenvalue weighted by Crippen LogP contribution is -2.34. The van der Waals surface area contributed by atoms with E-state index < -0.39 is 10.0 Å². The van der Waals surface area contributed by atoms with Crippen LogP contribution < -0.4 is 15.2 Å². The third-order valence-corrected chi connectivity index (χ3v) is 4.89. The van der Waals surface area contributed by atoms with Gasteiger partial charge in [0.15, 0.2) is 0 Å². The summed E-state index contributed by atoms with van der Waals surface area (Å²) in [6, 6.07) is 4.50. The lowest BCUT2D eigenvalue weighted by atomic mass is 10.1. The predicted molar refractivity (Wildman–Crippen MR) is 85.9 cm³/mol. The molecule has 0 bridgehead atoms. The lowest BCUT2D eigenvalue weighted by molar-refractivity contribution is 0.416. The van der Waals surface area contributed by atoms with Gasteiger partial charge in [-0.05, 0) is 31.0 Å². The molecule has 0 aliphatic carbocycles. The summed E-state index contributed by atoms with van der Waals surface area (Å²) in [5.74, 6) is 0.477. The zero-order chi connectivity index (χ0) is 15.9. The van der Waals surface area contributed by atoms with Crippen LogP contribution in [0.5, 0.6) is 5.75 Å². The second-order valence-electron chi connectivity index (χ2n) is 5.15. The van der Waals surface area contributed by atoms with Gasteiger partial charge in [0, 0.05) is 6.04 Å². The van der Waals surface area contributed by atoms with E-state index in [1.165, 1.54) is 19.2 Å². The van der Waals surface area contributed by atoms with Crippen molar-refractivity contribution in [1.82, 2.24) is 4.72 Å². The van der Waals surface area contributed by atoms with Crippen molar-refractivity contribution >= 4 is 15.7 Å². The number of methoxy groups -OCH3 is 1. The Kier molecular flexibility index (Phi) is 6.98. The van der Waals surface area contributed by atoms with Crippen LogP contribution in [0.25, 0.3) is 0 Å². The largest absolute Gasteiger partial charge is 0.495 e. The molecule has 3 N–H and O–H groups in total. The van der Waals surface area contributed by atoms with Gasteiger partial charge in [-0.15, -0.1) is 0 Å². The van der Waals surface area contributed by atoms with E-state index in [0.717, 1.165) is 32.1 Å². The minimum atomic E-state index is -3.55. The number of benzene rings is 1. The van der Waals surface area contributed by atoms with Gasteiger partial charge in [-0.1, -0.05) is 33.1 Å². The molecule has 0 fully saturated rings. The Morgan fingerprint density at radius 2 is 1.95 bits per heavy atom. The van der Waals surface area contributed by atoms with Crippen LogP contribution in [0.15, 0.2) is 23.1 Å². The number of sulfonamides is 1. The third-order valence-electron chi connectivity index (χ3n) is 3.38. The molecule has 0 radical (unpaired) electrons. The van der Waals surface area contributed by atoms with Crippen molar-refractivity contribution in [3.8, 4) is 5.75 Å². The molecule has 0 aliphatic heterocycles. The van der Waals surface area contributed by atoms with Crippen LogP contribution in [-0.2, 0) is 10.0 Å². The van der Waals surface area contributed by atoms with Crippen molar-refractivity contribution < 1.29 is 13.2 Å². The molecule has 1 rings (SSSR count). The van der Waals surface area contributed by atoms with E-state index >= 15 is 0 Å². The van der Waals surface area contributed by atoms with E-state index in [4.69, 9.17) is 10.5 Å². The predicted octanol–water partition coefficient (Wildman–Crippen LogP) is 2.91. The molecule has 0 aliphatic rings. The average Bonchev–Trinajstić information content (AvgIpc) is 2.44. The minimum Gasteiger partial charge on any atom is -0.495 e. The molecule has 1 unspecified atom stereocenters. The molecular formula is C15H26N2O3S. The summed E-state index contributed by atoms with van der Waals surface area (Å²) in [5.41, 5.74) is 6.10. The molecule has 6 heteroatoms. The molecule has 1 atom stereocenters. The monoisotopic (exact) mass is 314 g/mol. The molecule has 0 spiro atoms. The summed E-state index contributed by atoms with van der Waals surface area (Å²) in [6.07, 6.45) is 4.71. The lowest BCUT2D eigenvalue weighted by Gasteiger charge is -2.18. The Morgan fingerprint density at radius 1 is 1.24 bits per heavy atom. The molecule has 0 aromatic heterocycles. The minimum absolute atomic E-state index is 0.0247. The molecule has 0 saturated carbocycles. The Morgan fingerprint density at radius 3 is 2.48 bits per heavy atom.